The summed E-state index contributed by atoms with van der Waals surface area (Å²) in [5.41, 5.74) is 0.955. The van der Waals surface area contributed by atoms with E-state index in [1.807, 2.05) is 81.4 Å². The monoisotopic (exact) mass is 824 g/mol. The van der Waals surface area contributed by atoms with Crippen LogP contribution in [0.3, 0.4) is 0 Å². The lowest BCUT2D eigenvalue weighted by Gasteiger charge is -2.32. The van der Waals surface area contributed by atoms with Gasteiger partial charge in [-0.3, -0.25) is 18.4 Å². The van der Waals surface area contributed by atoms with Gasteiger partial charge in [-0.15, -0.1) is 0 Å². The standard InChI is InChI=1S/2C21H22BClN2O4/c2*1-13-14(22-28-20(2,3)21(4,5)29-22)8-6-10-16(13)25-18(26)12-17-15(23)9-7-11-24(17)19(25)27/h2*6-12H,1-5H3. The van der Waals surface area contributed by atoms with Gasteiger partial charge >= 0.3 is 25.6 Å². The second kappa shape index (κ2) is 14.5. The molecule has 0 bridgehead atoms. The van der Waals surface area contributed by atoms with Crippen molar-refractivity contribution in [1.29, 1.82) is 0 Å². The fraction of sp³-hybridized carbons (Fsp3) is 0.333. The van der Waals surface area contributed by atoms with Gasteiger partial charge in [0.15, 0.2) is 0 Å². The van der Waals surface area contributed by atoms with Crippen LogP contribution in [-0.4, -0.2) is 54.6 Å². The molecule has 6 aromatic rings. The molecule has 300 valence electrons. The van der Waals surface area contributed by atoms with Gasteiger partial charge in [0.05, 0.1) is 54.9 Å². The quantitative estimate of drug-likeness (QED) is 0.216. The van der Waals surface area contributed by atoms with Gasteiger partial charge in [-0.25, -0.2) is 18.7 Å². The highest BCUT2D eigenvalue weighted by molar-refractivity contribution is 6.63. The molecule has 58 heavy (non-hydrogen) atoms. The minimum Gasteiger partial charge on any atom is -0.399 e. The number of rotatable bonds is 4. The zero-order valence-electron chi connectivity index (χ0n) is 34.0. The highest BCUT2D eigenvalue weighted by Crippen LogP contribution is 2.38. The molecule has 0 radical (unpaired) electrons. The Balaban J connectivity index is 0.000000177. The molecule has 0 saturated carbocycles. The molecule has 16 heteroatoms. The number of fused-ring (bicyclic) bond motifs is 2. The Kier molecular flexibility index (Phi) is 10.4. The van der Waals surface area contributed by atoms with Gasteiger partial charge < -0.3 is 18.6 Å². The first-order chi connectivity index (χ1) is 27.1. The number of nitrogens with zero attached hydrogens (tertiary/aromatic N) is 4. The van der Waals surface area contributed by atoms with Crippen LogP contribution in [0.5, 0.6) is 0 Å². The topological polar surface area (TPSA) is 124 Å². The lowest BCUT2D eigenvalue weighted by atomic mass is 9.76. The molecule has 2 fully saturated rings. The summed E-state index contributed by atoms with van der Waals surface area (Å²) in [5, 5.41) is 0.688. The largest absolute Gasteiger partial charge is 0.495 e. The Hall–Kier alpha value is -4.69. The Morgan fingerprint density at radius 1 is 0.500 bits per heavy atom. The molecule has 12 nitrogen and oxygen atoms in total. The van der Waals surface area contributed by atoms with E-state index >= 15 is 0 Å². The van der Waals surface area contributed by atoms with E-state index in [4.69, 9.17) is 41.8 Å². The predicted molar refractivity (Wildman–Crippen MR) is 229 cm³/mol. The van der Waals surface area contributed by atoms with Crippen molar-refractivity contribution in [2.75, 3.05) is 0 Å². The molecular formula is C42H44B2Cl2N4O8. The van der Waals surface area contributed by atoms with E-state index in [1.54, 1.807) is 60.9 Å². The molecule has 0 atom stereocenters. The number of halogens is 2. The summed E-state index contributed by atoms with van der Waals surface area (Å²) in [4.78, 5) is 51.8. The second-order valence-electron chi connectivity index (χ2n) is 16.6. The van der Waals surface area contributed by atoms with Crippen molar-refractivity contribution in [1.82, 2.24) is 17.9 Å². The SMILES string of the molecule is Cc1c(B2OC(C)(C)C(C)(C)O2)cccc1-n1c(=O)cc2c(Cl)cccn2c1=O.Cc1c(B2OC(C)(C)C(C)(C)O2)cccc1-n1c(=O)cc2c(Cl)cccn2c1=O. The first-order valence-electron chi connectivity index (χ1n) is 18.8. The molecule has 2 aromatic carbocycles. The van der Waals surface area contributed by atoms with Crippen LogP contribution >= 0.6 is 23.2 Å². The molecule has 6 heterocycles. The average molecular weight is 825 g/mol. The Morgan fingerprint density at radius 2 is 0.828 bits per heavy atom. The third-order valence-corrected chi connectivity index (χ3v) is 12.5. The van der Waals surface area contributed by atoms with Crippen molar-refractivity contribution in [3.05, 3.63) is 148 Å². The second-order valence-corrected chi connectivity index (χ2v) is 17.4. The molecule has 2 aliphatic heterocycles. The number of hydrogen-bond donors (Lipinski definition) is 0. The van der Waals surface area contributed by atoms with Gasteiger partial charge in [-0.1, -0.05) is 47.5 Å². The van der Waals surface area contributed by atoms with Crippen molar-refractivity contribution in [2.45, 2.75) is 91.6 Å². The molecule has 2 saturated heterocycles. The van der Waals surface area contributed by atoms with E-state index in [0.717, 1.165) is 31.2 Å². The van der Waals surface area contributed by atoms with Crippen LogP contribution in [0, 0.1) is 13.8 Å². The fourth-order valence-electron chi connectivity index (χ4n) is 7.03. The van der Waals surface area contributed by atoms with Gasteiger partial charge in [0.1, 0.15) is 0 Å². The summed E-state index contributed by atoms with van der Waals surface area (Å²) < 4.78 is 29.7. The van der Waals surface area contributed by atoms with Gasteiger partial charge in [-0.2, -0.15) is 0 Å². The van der Waals surface area contributed by atoms with Crippen LogP contribution in [0.1, 0.15) is 66.5 Å². The van der Waals surface area contributed by atoms with Crippen LogP contribution in [0.4, 0.5) is 0 Å². The van der Waals surface area contributed by atoms with Crippen molar-refractivity contribution < 1.29 is 18.6 Å². The summed E-state index contributed by atoms with van der Waals surface area (Å²) in [6.45, 7) is 19.6. The van der Waals surface area contributed by atoms with Crippen LogP contribution in [0.15, 0.2) is 104 Å². The van der Waals surface area contributed by atoms with Crippen molar-refractivity contribution >= 4 is 59.4 Å². The first-order valence-corrected chi connectivity index (χ1v) is 19.6. The maximum Gasteiger partial charge on any atom is 0.495 e. The van der Waals surface area contributed by atoms with Crippen LogP contribution < -0.4 is 33.4 Å². The minimum absolute atomic E-state index is 0.344. The molecule has 0 N–H and O–H groups in total. The maximum atomic E-state index is 13.1. The molecule has 0 aliphatic carbocycles. The van der Waals surface area contributed by atoms with Crippen molar-refractivity contribution in [3.8, 4) is 11.4 Å². The summed E-state index contributed by atoms with van der Waals surface area (Å²) >= 11 is 12.3. The number of pyridine rings is 2. The molecule has 2 aliphatic rings. The molecule has 8 rings (SSSR count). The van der Waals surface area contributed by atoms with E-state index in [1.165, 1.54) is 20.9 Å². The highest BCUT2D eigenvalue weighted by atomic mass is 35.5. The summed E-state index contributed by atoms with van der Waals surface area (Å²) in [6, 6.07) is 20.2. The molecule has 4 aromatic heterocycles. The zero-order chi connectivity index (χ0) is 42.3. The predicted octanol–water partition coefficient (Wildman–Crippen LogP) is 5.42. The summed E-state index contributed by atoms with van der Waals surface area (Å²) in [6.07, 6.45) is 3.18. The number of benzene rings is 2. The number of aromatic nitrogens is 4. The lowest BCUT2D eigenvalue weighted by molar-refractivity contribution is 0.00578. The molecule has 0 unspecified atom stereocenters. The van der Waals surface area contributed by atoms with E-state index in [0.29, 0.717) is 32.5 Å². The average Bonchev–Trinajstić information content (AvgIpc) is 3.49. The normalized spacial score (nSPS) is 17.8. The van der Waals surface area contributed by atoms with Crippen LogP contribution in [-0.2, 0) is 18.6 Å². The lowest BCUT2D eigenvalue weighted by Crippen LogP contribution is -2.41. The number of hydrogen-bond acceptors (Lipinski definition) is 8. The smallest absolute Gasteiger partial charge is 0.399 e. The van der Waals surface area contributed by atoms with E-state index in [2.05, 4.69) is 0 Å². The van der Waals surface area contributed by atoms with Gasteiger partial charge in [0, 0.05) is 24.5 Å². The third-order valence-electron chi connectivity index (χ3n) is 11.9. The maximum absolute atomic E-state index is 13.1. The Morgan fingerprint density at radius 3 is 1.16 bits per heavy atom. The third kappa shape index (κ3) is 6.89. The van der Waals surface area contributed by atoms with Gasteiger partial charge in [0.2, 0.25) is 0 Å². The van der Waals surface area contributed by atoms with Gasteiger partial charge in [0.25, 0.3) is 11.1 Å². The first kappa shape index (κ1) is 41.5. The molecular weight excluding hydrogens is 781 g/mol. The van der Waals surface area contributed by atoms with Crippen LogP contribution in [0.25, 0.3) is 22.4 Å². The highest BCUT2D eigenvalue weighted by Gasteiger charge is 2.53. The molecule has 0 amide bonds. The van der Waals surface area contributed by atoms with Crippen LogP contribution in [0.2, 0.25) is 10.0 Å². The Bertz CT molecular complexity index is 2650. The van der Waals surface area contributed by atoms with E-state index in [9.17, 15) is 19.2 Å². The van der Waals surface area contributed by atoms with E-state index in [-0.39, 0.29) is 0 Å². The van der Waals surface area contributed by atoms with E-state index < -0.39 is 59.1 Å². The zero-order valence-corrected chi connectivity index (χ0v) is 35.6. The fourth-order valence-corrected chi connectivity index (χ4v) is 7.46. The van der Waals surface area contributed by atoms with Crippen molar-refractivity contribution in [2.24, 2.45) is 0 Å². The minimum atomic E-state index is -0.590. The van der Waals surface area contributed by atoms with Gasteiger partial charge in [-0.05, 0) is 128 Å². The Labute approximate surface area is 345 Å². The molecule has 0 spiro atoms. The summed E-state index contributed by atoms with van der Waals surface area (Å²) in [7, 11) is -1.18. The van der Waals surface area contributed by atoms with Crippen molar-refractivity contribution in [3.63, 3.8) is 0 Å². The summed E-state index contributed by atoms with van der Waals surface area (Å²) in [5.74, 6) is 0.